The van der Waals surface area contributed by atoms with E-state index in [1.165, 1.54) is 0 Å². The molecule has 0 bridgehead atoms. The number of nitrogens with two attached hydrogens (primary N) is 1. The summed E-state index contributed by atoms with van der Waals surface area (Å²) in [6.45, 7) is 4.08. The van der Waals surface area contributed by atoms with Crippen molar-refractivity contribution in [2.45, 2.75) is 19.6 Å². The van der Waals surface area contributed by atoms with Gasteiger partial charge in [-0.05, 0) is 31.5 Å². The van der Waals surface area contributed by atoms with E-state index in [4.69, 9.17) is 19.5 Å². The van der Waals surface area contributed by atoms with Crippen LogP contribution in [0.3, 0.4) is 0 Å². The number of ether oxygens (including phenoxy) is 1. The normalized spacial score (nSPS) is 13.3. The molecule has 0 saturated heterocycles. The van der Waals surface area contributed by atoms with Gasteiger partial charge in [0.2, 0.25) is 0 Å². The zero-order chi connectivity index (χ0) is 13.6. The maximum absolute atomic E-state index is 12.5. The van der Waals surface area contributed by atoms with Crippen molar-refractivity contribution in [3.05, 3.63) is 29.8 Å². The van der Waals surface area contributed by atoms with Crippen molar-refractivity contribution >= 4 is 7.60 Å². The van der Waals surface area contributed by atoms with Gasteiger partial charge in [-0.15, -0.1) is 0 Å². The molecular weight excluding hydrogens is 253 g/mol. The zero-order valence-electron chi connectivity index (χ0n) is 11.0. The van der Waals surface area contributed by atoms with Gasteiger partial charge in [-0.3, -0.25) is 4.57 Å². The van der Waals surface area contributed by atoms with E-state index in [1.807, 2.05) is 0 Å². The van der Waals surface area contributed by atoms with Crippen molar-refractivity contribution in [3.8, 4) is 5.75 Å². The fourth-order valence-corrected chi connectivity index (χ4v) is 3.21. The lowest BCUT2D eigenvalue weighted by molar-refractivity contribution is 0.212. The summed E-state index contributed by atoms with van der Waals surface area (Å²) in [5.74, 6) is -0.157. The molecule has 0 aromatic heterocycles. The molecule has 5 nitrogen and oxygen atoms in total. The second-order valence-corrected chi connectivity index (χ2v) is 5.75. The Bertz CT molecular complexity index is 414. The third-order valence-electron chi connectivity index (χ3n) is 2.39. The Labute approximate surface area is 108 Å². The van der Waals surface area contributed by atoms with Gasteiger partial charge >= 0.3 is 7.60 Å². The van der Waals surface area contributed by atoms with Crippen LogP contribution in [0, 0.1) is 0 Å². The molecule has 0 heterocycles. The average Bonchev–Trinajstić information content (AvgIpc) is 2.38. The summed E-state index contributed by atoms with van der Waals surface area (Å²) < 4.78 is 28.1. The van der Waals surface area contributed by atoms with Gasteiger partial charge in [0, 0.05) is 0 Å². The largest absolute Gasteiger partial charge is 0.497 e. The molecule has 0 unspecified atom stereocenters. The van der Waals surface area contributed by atoms with Gasteiger partial charge in [0.25, 0.3) is 0 Å². The lowest BCUT2D eigenvalue weighted by Gasteiger charge is -2.23. The van der Waals surface area contributed by atoms with E-state index in [0.717, 1.165) is 0 Å². The first-order valence-corrected chi connectivity index (χ1v) is 7.47. The van der Waals surface area contributed by atoms with Crippen molar-refractivity contribution in [1.29, 1.82) is 0 Å². The Morgan fingerprint density at radius 2 is 1.89 bits per heavy atom. The third kappa shape index (κ3) is 3.56. The number of benzene rings is 1. The molecule has 0 aliphatic carbocycles. The summed E-state index contributed by atoms with van der Waals surface area (Å²) in [7, 11) is -1.78. The number of rotatable bonds is 7. The Hall–Kier alpha value is -0.870. The van der Waals surface area contributed by atoms with Crippen molar-refractivity contribution < 1.29 is 18.3 Å². The van der Waals surface area contributed by atoms with Gasteiger partial charge in [0.15, 0.2) is 0 Å². The van der Waals surface area contributed by atoms with Crippen LogP contribution in [0.15, 0.2) is 24.3 Å². The first-order valence-electron chi connectivity index (χ1n) is 5.85. The van der Waals surface area contributed by atoms with Crippen LogP contribution in [0.1, 0.15) is 25.2 Å². The summed E-state index contributed by atoms with van der Waals surface area (Å²) in [6.07, 6.45) is 0. The highest BCUT2D eigenvalue weighted by Gasteiger charge is 2.33. The third-order valence-corrected chi connectivity index (χ3v) is 4.61. The van der Waals surface area contributed by atoms with Crippen LogP contribution < -0.4 is 10.5 Å². The molecule has 0 aliphatic rings. The van der Waals surface area contributed by atoms with Crippen LogP contribution in [0.25, 0.3) is 0 Å². The highest BCUT2D eigenvalue weighted by molar-refractivity contribution is 7.54. The van der Waals surface area contributed by atoms with Gasteiger partial charge in [-0.2, -0.15) is 0 Å². The van der Waals surface area contributed by atoms with Crippen LogP contribution >= 0.6 is 7.60 Å². The topological polar surface area (TPSA) is 70.8 Å². The smallest absolute Gasteiger partial charge is 0.351 e. The first-order chi connectivity index (χ1) is 8.57. The van der Waals surface area contributed by atoms with Crippen molar-refractivity contribution in [2.75, 3.05) is 20.3 Å². The highest BCUT2D eigenvalue weighted by atomic mass is 31.2. The summed E-state index contributed by atoms with van der Waals surface area (Å²) in [4.78, 5) is 0. The van der Waals surface area contributed by atoms with Crippen molar-refractivity contribution in [1.82, 2.24) is 0 Å². The van der Waals surface area contributed by atoms with Crippen molar-refractivity contribution in [3.63, 3.8) is 0 Å². The monoisotopic (exact) mass is 273 g/mol. The maximum Gasteiger partial charge on any atom is 0.351 e. The van der Waals surface area contributed by atoms with Gasteiger partial charge in [-0.25, -0.2) is 0 Å². The van der Waals surface area contributed by atoms with E-state index in [-0.39, 0.29) is 13.2 Å². The standard InChI is InChI=1S/C12H20NO4P/c1-4-16-18(14,17-5-2)12(13)10-7-6-8-11(9-10)15-3/h6-9,12H,4-5,13H2,1-3H3/t12-/m1/s1. The maximum atomic E-state index is 12.5. The fraction of sp³-hybridized carbons (Fsp3) is 0.500. The molecular formula is C12H20NO4P. The van der Waals surface area contributed by atoms with E-state index < -0.39 is 13.4 Å². The summed E-state index contributed by atoms with van der Waals surface area (Å²) in [5, 5.41) is 0. The molecule has 6 heteroatoms. The van der Waals surface area contributed by atoms with E-state index in [0.29, 0.717) is 11.3 Å². The SMILES string of the molecule is CCOP(=O)(OCC)[C@@H](N)c1cccc(OC)c1. The molecule has 102 valence electrons. The molecule has 1 aromatic rings. The molecule has 1 aromatic carbocycles. The second kappa shape index (κ2) is 6.90. The van der Waals surface area contributed by atoms with Crippen LogP contribution in [-0.2, 0) is 13.6 Å². The lowest BCUT2D eigenvalue weighted by Crippen LogP contribution is -2.15. The quantitative estimate of drug-likeness (QED) is 0.773. The molecule has 2 N–H and O–H groups in total. The van der Waals surface area contributed by atoms with Gasteiger partial charge in [-0.1, -0.05) is 12.1 Å². The minimum atomic E-state index is -3.34. The molecule has 0 spiro atoms. The number of hydrogen-bond donors (Lipinski definition) is 1. The van der Waals surface area contributed by atoms with E-state index >= 15 is 0 Å². The van der Waals surface area contributed by atoms with Crippen LogP contribution in [0.5, 0.6) is 5.75 Å². The van der Waals surface area contributed by atoms with E-state index in [9.17, 15) is 4.57 Å². The fourth-order valence-electron chi connectivity index (χ4n) is 1.57. The van der Waals surface area contributed by atoms with Gasteiger partial charge in [0.1, 0.15) is 11.5 Å². The Balaban J connectivity index is 3.01. The zero-order valence-corrected chi connectivity index (χ0v) is 11.9. The van der Waals surface area contributed by atoms with Crippen LogP contribution in [-0.4, -0.2) is 20.3 Å². The first kappa shape index (κ1) is 15.2. The molecule has 18 heavy (non-hydrogen) atoms. The van der Waals surface area contributed by atoms with Gasteiger partial charge in [0.05, 0.1) is 20.3 Å². The minimum Gasteiger partial charge on any atom is -0.497 e. The summed E-state index contributed by atoms with van der Waals surface area (Å²) in [5.41, 5.74) is 6.67. The predicted molar refractivity (Wildman–Crippen MR) is 70.8 cm³/mol. The summed E-state index contributed by atoms with van der Waals surface area (Å²) in [6, 6.07) is 7.09. The van der Waals surface area contributed by atoms with Crippen molar-refractivity contribution in [2.24, 2.45) is 5.73 Å². The average molecular weight is 273 g/mol. The Morgan fingerprint density at radius 3 is 2.39 bits per heavy atom. The summed E-state index contributed by atoms with van der Waals surface area (Å²) >= 11 is 0. The molecule has 0 fully saturated rings. The number of hydrogen-bond acceptors (Lipinski definition) is 5. The lowest BCUT2D eigenvalue weighted by atomic mass is 10.2. The molecule has 1 rings (SSSR count). The molecule has 0 saturated carbocycles. The Kier molecular flexibility index (Phi) is 5.82. The van der Waals surface area contributed by atoms with Crippen LogP contribution in [0.2, 0.25) is 0 Å². The van der Waals surface area contributed by atoms with Gasteiger partial charge < -0.3 is 19.5 Å². The Morgan fingerprint density at radius 1 is 1.28 bits per heavy atom. The predicted octanol–water partition coefficient (Wildman–Crippen LogP) is 2.92. The minimum absolute atomic E-state index is 0.287. The molecule has 1 atom stereocenters. The molecule has 0 aliphatic heterocycles. The number of methoxy groups -OCH3 is 1. The second-order valence-electron chi connectivity index (χ2n) is 3.60. The van der Waals surface area contributed by atoms with E-state index in [2.05, 4.69) is 0 Å². The molecule has 0 radical (unpaired) electrons. The molecule has 0 amide bonds. The van der Waals surface area contributed by atoms with E-state index in [1.54, 1.807) is 45.2 Å². The highest BCUT2D eigenvalue weighted by Crippen LogP contribution is 2.58. The van der Waals surface area contributed by atoms with Crippen LogP contribution in [0.4, 0.5) is 0 Å².